The number of aryl methyl sites for hydroxylation is 3. The zero-order valence-electron chi connectivity index (χ0n) is 25.8. The van der Waals surface area contributed by atoms with E-state index < -0.39 is 0 Å². The van der Waals surface area contributed by atoms with Crippen LogP contribution in [0.15, 0.2) is 152 Å². The summed E-state index contributed by atoms with van der Waals surface area (Å²) in [5, 5.41) is 0. The molecular weight excluding hydrogens is 544 g/mol. The fourth-order valence-electron chi connectivity index (χ4n) is 5.59. The molecule has 0 saturated carbocycles. The first-order valence-electron chi connectivity index (χ1n) is 15.4. The molecule has 0 unspecified atom stereocenters. The average Bonchev–Trinajstić information content (AvgIpc) is 3.09. The summed E-state index contributed by atoms with van der Waals surface area (Å²) in [7, 11) is 0. The van der Waals surface area contributed by atoms with E-state index in [9.17, 15) is 0 Å². The third kappa shape index (κ3) is 6.23. The van der Waals surface area contributed by atoms with Crippen molar-refractivity contribution >= 4 is 0 Å². The lowest BCUT2D eigenvalue weighted by Crippen LogP contribution is -1.96. The summed E-state index contributed by atoms with van der Waals surface area (Å²) < 4.78 is 0. The van der Waals surface area contributed by atoms with Gasteiger partial charge in [0.05, 0.1) is 11.4 Å². The Bertz CT molecular complexity index is 1800. The molecule has 216 valence electrons. The number of hydrogen-bond donors (Lipinski definition) is 0. The van der Waals surface area contributed by atoms with Crippen LogP contribution in [0.5, 0.6) is 0 Å². The van der Waals surface area contributed by atoms with E-state index in [1.165, 1.54) is 50.1 Å². The maximum absolute atomic E-state index is 5.09. The summed E-state index contributed by atoms with van der Waals surface area (Å²) in [5.41, 5.74) is 15.8. The monoisotopic (exact) mass is 578 g/mol. The van der Waals surface area contributed by atoms with Crippen LogP contribution in [0, 0.1) is 20.8 Å². The highest BCUT2D eigenvalue weighted by Gasteiger charge is 2.12. The zero-order chi connectivity index (χ0) is 30.8. The Hall–Kier alpha value is -5.60. The van der Waals surface area contributed by atoms with E-state index in [-0.39, 0.29) is 0 Å². The second-order valence-electron chi connectivity index (χ2n) is 11.8. The highest BCUT2D eigenvalue weighted by atomic mass is 14.9. The molecule has 0 spiro atoms. The van der Waals surface area contributed by atoms with Crippen molar-refractivity contribution in [3.63, 3.8) is 0 Å². The average molecular weight is 579 g/mol. The first kappa shape index (κ1) is 28.2. The molecule has 1 heterocycles. The van der Waals surface area contributed by atoms with Crippen molar-refractivity contribution in [2.75, 3.05) is 0 Å². The topological polar surface area (TPSA) is 25.8 Å². The molecule has 0 radical (unpaired) electrons. The Labute approximate surface area is 265 Å². The molecule has 45 heavy (non-hydrogen) atoms. The third-order valence-corrected chi connectivity index (χ3v) is 8.39. The Balaban J connectivity index is 1.27. The van der Waals surface area contributed by atoms with Crippen LogP contribution >= 0.6 is 0 Å². The summed E-state index contributed by atoms with van der Waals surface area (Å²) in [6.45, 7) is 6.34. The number of aromatic nitrogens is 2. The van der Waals surface area contributed by atoms with E-state index in [4.69, 9.17) is 9.97 Å². The van der Waals surface area contributed by atoms with Crippen molar-refractivity contribution in [2.24, 2.45) is 0 Å². The molecule has 7 rings (SSSR count). The van der Waals surface area contributed by atoms with E-state index in [1.54, 1.807) is 0 Å². The van der Waals surface area contributed by atoms with Gasteiger partial charge in [-0.05, 0) is 60.2 Å². The van der Waals surface area contributed by atoms with Gasteiger partial charge in [0.25, 0.3) is 0 Å². The van der Waals surface area contributed by atoms with Crippen LogP contribution in [0.1, 0.15) is 16.7 Å². The van der Waals surface area contributed by atoms with Crippen LogP contribution in [0.25, 0.3) is 67.3 Å². The van der Waals surface area contributed by atoms with Gasteiger partial charge < -0.3 is 0 Å². The lowest BCUT2D eigenvalue weighted by atomic mass is 9.99. The Morgan fingerprint density at radius 2 is 0.489 bits per heavy atom. The molecule has 0 aliphatic carbocycles. The van der Waals surface area contributed by atoms with Gasteiger partial charge in [-0.1, -0.05) is 162 Å². The van der Waals surface area contributed by atoms with Gasteiger partial charge in [0, 0.05) is 16.7 Å². The molecule has 0 aliphatic rings. The molecular formula is C43H34N2. The van der Waals surface area contributed by atoms with Crippen molar-refractivity contribution < 1.29 is 0 Å². The molecule has 0 N–H and O–H groups in total. The van der Waals surface area contributed by atoms with Gasteiger partial charge in [0.15, 0.2) is 5.82 Å². The maximum Gasteiger partial charge on any atom is 0.160 e. The number of rotatable bonds is 6. The lowest BCUT2D eigenvalue weighted by Gasteiger charge is -2.11. The minimum absolute atomic E-state index is 0.711. The normalized spacial score (nSPS) is 11.0. The van der Waals surface area contributed by atoms with Gasteiger partial charge in [-0.15, -0.1) is 0 Å². The standard InChI is InChI=1S/C43H34N2/c1-29-4-10-32(11-5-29)35-16-22-38(23-17-35)41-28-42(39-24-18-36(19-25-39)33-12-6-30(2)7-13-33)45-43(44-41)40-26-20-37(21-27-40)34-14-8-31(3)9-15-34/h4-28H,1-3H3. The van der Waals surface area contributed by atoms with Crippen molar-refractivity contribution in [3.8, 4) is 67.3 Å². The van der Waals surface area contributed by atoms with Gasteiger partial charge in [-0.2, -0.15) is 0 Å². The van der Waals surface area contributed by atoms with Crippen molar-refractivity contribution in [3.05, 3.63) is 168 Å². The van der Waals surface area contributed by atoms with Crippen molar-refractivity contribution in [1.82, 2.24) is 9.97 Å². The molecule has 0 saturated heterocycles. The summed E-state index contributed by atoms with van der Waals surface area (Å²) in [6, 6.07) is 53.9. The van der Waals surface area contributed by atoms with E-state index in [0.717, 1.165) is 28.1 Å². The first-order chi connectivity index (χ1) is 22.0. The highest BCUT2D eigenvalue weighted by molar-refractivity contribution is 5.76. The fourth-order valence-corrected chi connectivity index (χ4v) is 5.59. The van der Waals surface area contributed by atoms with Gasteiger partial charge >= 0.3 is 0 Å². The molecule has 0 fully saturated rings. The fraction of sp³-hybridized carbons (Fsp3) is 0.0698. The predicted molar refractivity (Wildman–Crippen MR) is 189 cm³/mol. The van der Waals surface area contributed by atoms with E-state index >= 15 is 0 Å². The largest absolute Gasteiger partial charge is 0.228 e. The van der Waals surface area contributed by atoms with E-state index in [0.29, 0.717) is 5.82 Å². The minimum atomic E-state index is 0.711. The zero-order valence-corrected chi connectivity index (χ0v) is 25.8. The predicted octanol–water partition coefficient (Wildman–Crippen LogP) is 11.4. The lowest BCUT2D eigenvalue weighted by molar-refractivity contribution is 1.18. The summed E-state index contributed by atoms with van der Waals surface area (Å²) in [4.78, 5) is 10.2. The second-order valence-corrected chi connectivity index (χ2v) is 11.8. The molecule has 6 aromatic carbocycles. The Morgan fingerprint density at radius 3 is 0.778 bits per heavy atom. The second kappa shape index (κ2) is 12.2. The molecule has 2 heteroatoms. The van der Waals surface area contributed by atoms with Gasteiger partial charge in [-0.3, -0.25) is 0 Å². The van der Waals surface area contributed by atoms with Gasteiger partial charge in [-0.25, -0.2) is 9.97 Å². The molecule has 0 aliphatic heterocycles. The summed E-state index contributed by atoms with van der Waals surface area (Å²) in [6.07, 6.45) is 0. The Kier molecular flexibility index (Phi) is 7.63. The van der Waals surface area contributed by atoms with Gasteiger partial charge in [0.1, 0.15) is 0 Å². The molecule has 0 amide bonds. The van der Waals surface area contributed by atoms with Gasteiger partial charge in [0.2, 0.25) is 0 Å². The SMILES string of the molecule is Cc1ccc(-c2ccc(-c3cc(-c4ccc(-c5ccc(C)cc5)cc4)nc(-c4ccc(-c5ccc(C)cc5)cc4)n3)cc2)cc1. The summed E-state index contributed by atoms with van der Waals surface area (Å²) >= 11 is 0. The van der Waals surface area contributed by atoms with Crippen LogP contribution in [0.2, 0.25) is 0 Å². The number of benzene rings is 6. The third-order valence-electron chi connectivity index (χ3n) is 8.39. The molecule has 0 bridgehead atoms. The van der Waals surface area contributed by atoms with Crippen LogP contribution in [-0.4, -0.2) is 9.97 Å². The van der Waals surface area contributed by atoms with Crippen molar-refractivity contribution in [1.29, 1.82) is 0 Å². The summed E-state index contributed by atoms with van der Waals surface area (Å²) in [5.74, 6) is 0.711. The minimum Gasteiger partial charge on any atom is -0.228 e. The van der Waals surface area contributed by atoms with Crippen LogP contribution in [0.4, 0.5) is 0 Å². The van der Waals surface area contributed by atoms with Crippen molar-refractivity contribution in [2.45, 2.75) is 20.8 Å². The molecule has 7 aromatic rings. The van der Waals surface area contributed by atoms with Crippen LogP contribution in [0.3, 0.4) is 0 Å². The quantitative estimate of drug-likeness (QED) is 0.196. The highest BCUT2D eigenvalue weighted by Crippen LogP contribution is 2.32. The van der Waals surface area contributed by atoms with Crippen LogP contribution in [-0.2, 0) is 0 Å². The number of nitrogens with zero attached hydrogens (tertiary/aromatic N) is 2. The Morgan fingerprint density at radius 1 is 0.267 bits per heavy atom. The smallest absolute Gasteiger partial charge is 0.160 e. The maximum atomic E-state index is 5.09. The number of hydrogen-bond acceptors (Lipinski definition) is 2. The van der Waals surface area contributed by atoms with E-state index in [1.807, 2.05) is 0 Å². The molecule has 2 nitrogen and oxygen atoms in total. The van der Waals surface area contributed by atoms with Crippen LogP contribution < -0.4 is 0 Å². The van der Waals surface area contributed by atoms with E-state index in [2.05, 4.69) is 172 Å². The first-order valence-corrected chi connectivity index (χ1v) is 15.4. The molecule has 1 aromatic heterocycles. The molecule has 0 atom stereocenters.